The van der Waals surface area contributed by atoms with Gasteiger partial charge in [0.1, 0.15) is 12.1 Å². The second kappa shape index (κ2) is 9.18. The van der Waals surface area contributed by atoms with Crippen molar-refractivity contribution in [2.75, 3.05) is 10.2 Å². The van der Waals surface area contributed by atoms with Crippen molar-refractivity contribution in [3.63, 3.8) is 0 Å². The minimum atomic E-state index is -0.315. The fraction of sp³-hybridized carbons (Fsp3) is 0.120. The van der Waals surface area contributed by atoms with Crippen molar-refractivity contribution in [3.8, 4) is 0 Å². The third-order valence-corrected chi connectivity index (χ3v) is 4.71. The molecule has 0 aliphatic carbocycles. The summed E-state index contributed by atoms with van der Waals surface area (Å²) in [7, 11) is 0. The highest BCUT2D eigenvalue weighted by molar-refractivity contribution is 6.05. The van der Waals surface area contributed by atoms with Gasteiger partial charge in [-0.3, -0.25) is 4.79 Å². The van der Waals surface area contributed by atoms with Gasteiger partial charge in [0.25, 0.3) is 5.91 Å². The summed E-state index contributed by atoms with van der Waals surface area (Å²) in [5.74, 6) is -0.565. The normalized spacial score (nSPS) is 10.4. The standard InChI is InChI=1S/C25H23FN2O2/c1-17(2)28(23-12-8-21(26)9-13-23)24-16-20(7-4-18(24)3)25(30)27-22-10-5-19(6-11-22)14-15-29/h4-13,15-16H,1,14H2,2-3H3,(H,27,30). The number of aldehydes is 1. The van der Waals surface area contributed by atoms with Crippen molar-refractivity contribution in [1.82, 2.24) is 0 Å². The lowest BCUT2D eigenvalue weighted by Crippen LogP contribution is -2.17. The van der Waals surface area contributed by atoms with E-state index in [4.69, 9.17) is 0 Å². The molecule has 0 radical (unpaired) electrons. The summed E-state index contributed by atoms with van der Waals surface area (Å²) >= 11 is 0. The van der Waals surface area contributed by atoms with Crippen molar-refractivity contribution in [3.05, 3.63) is 102 Å². The van der Waals surface area contributed by atoms with Crippen LogP contribution in [0.15, 0.2) is 79.0 Å². The number of aryl methyl sites for hydroxylation is 1. The molecule has 3 aromatic carbocycles. The summed E-state index contributed by atoms with van der Waals surface area (Å²) in [6.07, 6.45) is 1.19. The number of hydrogen-bond acceptors (Lipinski definition) is 3. The second-order valence-corrected chi connectivity index (χ2v) is 7.07. The average molecular weight is 402 g/mol. The molecule has 0 saturated carbocycles. The maximum atomic E-state index is 13.4. The van der Waals surface area contributed by atoms with Gasteiger partial charge in [-0.05, 0) is 73.5 Å². The lowest BCUT2D eigenvalue weighted by Gasteiger charge is -2.27. The summed E-state index contributed by atoms with van der Waals surface area (Å²) in [6, 6.07) is 18.7. The lowest BCUT2D eigenvalue weighted by atomic mass is 10.1. The smallest absolute Gasteiger partial charge is 0.255 e. The zero-order chi connectivity index (χ0) is 21.7. The van der Waals surface area contributed by atoms with Gasteiger partial charge in [-0.15, -0.1) is 0 Å². The molecule has 0 heterocycles. The lowest BCUT2D eigenvalue weighted by molar-refractivity contribution is -0.107. The van der Waals surface area contributed by atoms with Crippen molar-refractivity contribution < 1.29 is 14.0 Å². The number of hydrogen-bond donors (Lipinski definition) is 1. The molecule has 3 rings (SSSR count). The van der Waals surface area contributed by atoms with Crippen LogP contribution >= 0.6 is 0 Å². The zero-order valence-electron chi connectivity index (χ0n) is 17.0. The Hall–Kier alpha value is -3.73. The third-order valence-electron chi connectivity index (χ3n) is 4.71. The van der Waals surface area contributed by atoms with E-state index in [1.165, 1.54) is 12.1 Å². The molecular weight excluding hydrogens is 379 g/mol. The van der Waals surface area contributed by atoms with E-state index in [1.54, 1.807) is 36.4 Å². The van der Waals surface area contributed by atoms with Gasteiger partial charge in [0.15, 0.2) is 0 Å². The fourth-order valence-electron chi connectivity index (χ4n) is 3.17. The first-order valence-electron chi connectivity index (χ1n) is 9.55. The average Bonchev–Trinajstić information content (AvgIpc) is 2.72. The van der Waals surface area contributed by atoms with Crippen molar-refractivity contribution >= 4 is 29.3 Å². The second-order valence-electron chi connectivity index (χ2n) is 7.07. The van der Waals surface area contributed by atoms with E-state index in [0.29, 0.717) is 17.7 Å². The van der Waals surface area contributed by atoms with Gasteiger partial charge in [0, 0.05) is 34.7 Å². The SMILES string of the molecule is C=C(C)N(c1ccc(F)cc1)c1cc(C(=O)Nc2ccc(CC=O)cc2)ccc1C. The molecule has 0 saturated heterocycles. The number of nitrogens with one attached hydrogen (secondary N) is 1. The molecule has 0 aromatic heterocycles. The molecule has 0 atom stereocenters. The Balaban J connectivity index is 1.89. The van der Waals surface area contributed by atoms with Crippen molar-refractivity contribution in [2.24, 2.45) is 0 Å². The monoisotopic (exact) mass is 402 g/mol. The minimum Gasteiger partial charge on any atom is -0.322 e. The van der Waals surface area contributed by atoms with E-state index in [2.05, 4.69) is 11.9 Å². The maximum absolute atomic E-state index is 13.4. The predicted molar refractivity (Wildman–Crippen MR) is 119 cm³/mol. The number of halogens is 1. The van der Waals surface area contributed by atoms with Gasteiger partial charge >= 0.3 is 0 Å². The molecule has 152 valence electrons. The fourth-order valence-corrected chi connectivity index (χ4v) is 3.17. The molecule has 0 aliphatic heterocycles. The van der Waals surface area contributed by atoms with Crippen molar-refractivity contribution in [2.45, 2.75) is 20.3 Å². The van der Waals surface area contributed by atoms with Gasteiger partial charge in [0.05, 0.1) is 0 Å². The van der Waals surface area contributed by atoms with E-state index < -0.39 is 0 Å². The number of nitrogens with zero attached hydrogens (tertiary/aromatic N) is 1. The summed E-state index contributed by atoms with van der Waals surface area (Å²) in [5, 5.41) is 2.87. The van der Waals surface area contributed by atoms with Crippen LogP contribution < -0.4 is 10.2 Å². The summed E-state index contributed by atoms with van der Waals surface area (Å²) < 4.78 is 13.4. The van der Waals surface area contributed by atoms with E-state index in [0.717, 1.165) is 34.5 Å². The molecule has 0 unspecified atom stereocenters. The Kier molecular flexibility index (Phi) is 6.42. The number of rotatable bonds is 7. The third kappa shape index (κ3) is 4.81. The number of amides is 1. The summed E-state index contributed by atoms with van der Waals surface area (Å²) in [6.45, 7) is 7.85. The van der Waals surface area contributed by atoms with Crippen LogP contribution in [0.1, 0.15) is 28.4 Å². The minimum absolute atomic E-state index is 0.250. The Labute approximate surface area is 175 Å². The van der Waals surface area contributed by atoms with Gasteiger partial charge in [-0.2, -0.15) is 0 Å². The zero-order valence-corrected chi connectivity index (χ0v) is 17.0. The molecular formula is C25H23FN2O2. The maximum Gasteiger partial charge on any atom is 0.255 e. The molecule has 0 fully saturated rings. The molecule has 0 spiro atoms. The molecule has 5 heteroatoms. The molecule has 1 amide bonds. The predicted octanol–water partition coefficient (Wildman–Crippen LogP) is 5.80. The highest BCUT2D eigenvalue weighted by atomic mass is 19.1. The van der Waals surface area contributed by atoms with E-state index in [1.807, 2.05) is 36.9 Å². The number of anilines is 3. The highest BCUT2D eigenvalue weighted by Crippen LogP contribution is 2.32. The number of carbonyl (C=O) groups excluding carboxylic acids is 2. The van der Waals surface area contributed by atoms with Crippen LogP contribution in [0.5, 0.6) is 0 Å². The molecule has 0 aliphatic rings. The molecule has 0 bridgehead atoms. The molecule has 30 heavy (non-hydrogen) atoms. The number of benzene rings is 3. The van der Waals surface area contributed by atoms with Crippen LogP contribution in [0.25, 0.3) is 0 Å². The first-order chi connectivity index (χ1) is 14.4. The van der Waals surface area contributed by atoms with Crippen LogP contribution in [0.4, 0.5) is 21.5 Å². The van der Waals surface area contributed by atoms with E-state index in [9.17, 15) is 14.0 Å². The largest absolute Gasteiger partial charge is 0.322 e. The number of allylic oxidation sites excluding steroid dienone is 1. The van der Waals surface area contributed by atoms with Crippen LogP contribution in [0.2, 0.25) is 0 Å². The van der Waals surface area contributed by atoms with Gasteiger partial charge in [0.2, 0.25) is 0 Å². The molecule has 3 aromatic rings. The van der Waals surface area contributed by atoms with Gasteiger partial charge in [-0.25, -0.2) is 4.39 Å². The van der Waals surface area contributed by atoms with Gasteiger partial charge < -0.3 is 15.0 Å². The van der Waals surface area contributed by atoms with Crippen molar-refractivity contribution in [1.29, 1.82) is 0 Å². The van der Waals surface area contributed by atoms with Crippen LogP contribution in [0.3, 0.4) is 0 Å². The Morgan fingerprint density at radius 3 is 2.33 bits per heavy atom. The van der Waals surface area contributed by atoms with Crippen LogP contribution in [0, 0.1) is 12.7 Å². The molecule has 1 N–H and O–H groups in total. The quantitative estimate of drug-likeness (QED) is 0.508. The van der Waals surface area contributed by atoms with Crippen LogP contribution in [-0.2, 0) is 11.2 Å². The van der Waals surface area contributed by atoms with Crippen LogP contribution in [-0.4, -0.2) is 12.2 Å². The Morgan fingerprint density at radius 1 is 1.07 bits per heavy atom. The first-order valence-corrected chi connectivity index (χ1v) is 9.55. The topological polar surface area (TPSA) is 49.4 Å². The number of carbonyl (C=O) groups is 2. The van der Waals surface area contributed by atoms with Gasteiger partial charge in [-0.1, -0.05) is 24.8 Å². The van der Waals surface area contributed by atoms with E-state index in [-0.39, 0.29) is 11.7 Å². The highest BCUT2D eigenvalue weighted by Gasteiger charge is 2.16. The Morgan fingerprint density at radius 2 is 1.73 bits per heavy atom. The summed E-state index contributed by atoms with van der Waals surface area (Å²) in [4.78, 5) is 25.3. The first kappa shape index (κ1) is 21.0. The Bertz CT molecular complexity index is 1070. The van der Waals surface area contributed by atoms with E-state index >= 15 is 0 Å². The molecule has 4 nitrogen and oxygen atoms in total. The summed E-state index contributed by atoms with van der Waals surface area (Å²) in [5.41, 5.74) is 5.27.